The topological polar surface area (TPSA) is 376 Å². The van der Waals surface area contributed by atoms with Crippen LogP contribution >= 0.6 is 0 Å². The molecule has 3 unspecified atom stereocenters. The predicted molar refractivity (Wildman–Crippen MR) is 255 cm³/mol. The number of aliphatic hydroxyl groups is 4. The Kier molecular flexibility index (Phi) is 14.5. The number of carboxylic acid groups (broad SMARTS) is 1. The van der Waals surface area contributed by atoms with Crippen molar-refractivity contribution in [3.8, 4) is 28.6 Å². The van der Waals surface area contributed by atoms with Crippen molar-refractivity contribution in [1.82, 2.24) is 19.8 Å². The molecule has 7 heterocycles. The third kappa shape index (κ3) is 9.55. The van der Waals surface area contributed by atoms with E-state index in [1.807, 2.05) is 6.92 Å². The second kappa shape index (κ2) is 20.9. The number of cyclic esters (lactones) is 1. The molecule has 26 nitrogen and oxygen atoms in total. The van der Waals surface area contributed by atoms with Gasteiger partial charge < -0.3 is 74.9 Å². The van der Waals surface area contributed by atoms with E-state index in [4.69, 9.17) is 39.1 Å². The fourth-order valence-electron chi connectivity index (χ4n) is 9.78. The number of nitrogens with one attached hydrogen (secondary N) is 3. The first-order chi connectivity index (χ1) is 35.9. The average molecular weight is 1040 g/mol. The van der Waals surface area contributed by atoms with E-state index in [1.54, 1.807) is 19.1 Å². The zero-order valence-electron chi connectivity index (χ0n) is 40.4. The predicted octanol–water partition coefficient (Wildman–Crippen LogP) is 0.0917. The lowest BCUT2D eigenvalue weighted by molar-refractivity contribution is -0.271. The molecule has 2 aromatic heterocycles. The molecule has 2 saturated heterocycles. The number of carbonyl (C=O) groups is 7. The quantitative estimate of drug-likeness (QED) is 0.0440. The minimum atomic E-state index is -2.04. The average Bonchev–Trinajstić information content (AvgIpc) is 4.14. The largest absolute Gasteiger partial charge is 0.479 e. The molecule has 75 heavy (non-hydrogen) atoms. The van der Waals surface area contributed by atoms with Crippen LogP contribution in [0.1, 0.15) is 80.2 Å². The number of aryl methyl sites for hydroxylation is 1. The Morgan fingerprint density at radius 3 is 2.43 bits per heavy atom. The van der Waals surface area contributed by atoms with Crippen LogP contribution in [0, 0.1) is 0 Å². The maximum atomic E-state index is 14.1. The number of amides is 5. The van der Waals surface area contributed by atoms with E-state index in [1.165, 1.54) is 22.8 Å². The molecule has 0 radical (unpaired) electrons. The summed E-state index contributed by atoms with van der Waals surface area (Å²) in [5, 5.41) is 60.7. The molecule has 26 heteroatoms. The number of likely N-dealkylation sites (tertiary alicyclic amines) is 1. The molecule has 5 aliphatic rings. The summed E-state index contributed by atoms with van der Waals surface area (Å²) in [6, 6.07) is 5.92. The summed E-state index contributed by atoms with van der Waals surface area (Å²) < 4.78 is 35.2. The molecule has 7 atom stereocenters. The van der Waals surface area contributed by atoms with Crippen LogP contribution in [-0.4, -0.2) is 138 Å². The lowest BCUT2D eigenvalue weighted by atomic mass is 9.86. The van der Waals surface area contributed by atoms with Gasteiger partial charge in [-0.3, -0.25) is 34.2 Å². The fraction of sp³-hybridized carbons (Fsp3) is 0.449. The SMILES string of the molecule is CCCCc1c2c(nc3cc4c(c(NC(=O)OCc5ccc(OC6OC(C(=O)O)C(O)[C@H](O)[C@@H]6O)c(NC(=O)CCNC(=O)[C@H](CN)N6C(=O)CCC6=O)c5)c13)OCO4)-c1cc3c(c(=O)n1C2)COC(=O)[C@]3(O)CC. The number of esters is 1. The highest BCUT2D eigenvalue weighted by atomic mass is 16.7. The summed E-state index contributed by atoms with van der Waals surface area (Å²) in [6.45, 7) is 2.05. The molecular formula is C49H53N7O19. The van der Waals surface area contributed by atoms with Gasteiger partial charge in [0.15, 0.2) is 23.2 Å². The van der Waals surface area contributed by atoms with Crippen LogP contribution in [0.4, 0.5) is 16.2 Å². The molecular weight excluding hydrogens is 991 g/mol. The van der Waals surface area contributed by atoms with Gasteiger partial charge in [-0.15, -0.1) is 0 Å². The molecule has 0 bridgehead atoms. The highest BCUT2D eigenvalue weighted by molar-refractivity contribution is 6.07. The van der Waals surface area contributed by atoms with Gasteiger partial charge in [0.25, 0.3) is 5.56 Å². The first-order valence-corrected chi connectivity index (χ1v) is 24.1. The van der Waals surface area contributed by atoms with E-state index < -0.39 is 103 Å². The Morgan fingerprint density at radius 1 is 0.960 bits per heavy atom. The number of hydrogen-bond acceptors (Lipinski definition) is 20. The number of nitrogens with zero attached hydrogens (tertiary/aromatic N) is 3. The van der Waals surface area contributed by atoms with Gasteiger partial charge in [-0.1, -0.05) is 26.3 Å². The minimum absolute atomic E-state index is 0.0425. The van der Waals surface area contributed by atoms with Gasteiger partial charge in [0.2, 0.25) is 36.7 Å². The number of aliphatic hydroxyl groups excluding tert-OH is 3. The number of rotatable bonds is 17. The number of ether oxygens (including phenoxy) is 6. The number of carboxylic acids is 1. The Labute approximate surface area is 424 Å². The van der Waals surface area contributed by atoms with Crippen LogP contribution in [0.15, 0.2) is 35.1 Å². The number of carbonyl (C=O) groups excluding carboxylic acids is 6. The van der Waals surface area contributed by atoms with Gasteiger partial charge in [0, 0.05) is 54.9 Å². The van der Waals surface area contributed by atoms with E-state index in [0.717, 1.165) is 16.9 Å². The maximum Gasteiger partial charge on any atom is 0.412 e. The number of unbranched alkanes of at least 4 members (excludes halogenated alkanes) is 1. The number of nitrogens with two attached hydrogens (primary N) is 1. The standard InChI is InChI=1S/C49H53N7O19/c1-3-5-6-22-23-17-55-28(14-25-24(44(55)64)19-70-47(67)49(25,69)4-2)36(23)53-27-15-31-41(73-20-72-31)37(35(22)27)54-48(68)71-18-21-7-8-30(74-46-40(62)38(60)39(61)42(75-46)45(65)66)26(13-21)52-32(57)11-12-51-43(63)29(16-50)56-33(58)9-10-34(56)59/h7-8,13-15,29,38-40,42,46,60-62,69H,3-6,9-12,16-20,50H2,1-2H3,(H,51,63)(H,52,57)(H,54,68)(H,65,66)/t29-,38-,39?,40-,42?,46?,49-/m0/s1. The summed E-state index contributed by atoms with van der Waals surface area (Å²) in [7, 11) is 0. The van der Waals surface area contributed by atoms with Crippen LogP contribution in [-0.2, 0) is 74.8 Å². The number of benzene rings is 2. The Bertz CT molecular complexity index is 3090. The van der Waals surface area contributed by atoms with Crippen molar-refractivity contribution in [2.45, 2.75) is 121 Å². The minimum Gasteiger partial charge on any atom is -0.479 e. The first kappa shape index (κ1) is 52.1. The van der Waals surface area contributed by atoms with E-state index in [0.29, 0.717) is 40.7 Å². The maximum absolute atomic E-state index is 14.1. The zero-order chi connectivity index (χ0) is 53.6. The van der Waals surface area contributed by atoms with Crippen molar-refractivity contribution >= 4 is 63.9 Å². The molecule has 0 saturated carbocycles. The van der Waals surface area contributed by atoms with Gasteiger partial charge in [0.1, 0.15) is 49.0 Å². The van der Waals surface area contributed by atoms with Gasteiger partial charge in [-0.05, 0) is 48.6 Å². The molecule has 4 aromatic rings. The van der Waals surface area contributed by atoms with Gasteiger partial charge >= 0.3 is 18.0 Å². The zero-order valence-corrected chi connectivity index (χ0v) is 40.4. The molecule has 5 amide bonds. The van der Waals surface area contributed by atoms with Crippen LogP contribution in [0.2, 0.25) is 0 Å². The fourth-order valence-corrected chi connectivity index (χ4v) is 9.78. The number of aromatic nitrogens is 2. The first-order valence-electron chi connectivity index (χ1n) is 24.1. The number of fused-ring (bicyclic) bond motifs is 6. The molecule has 10 N–H and O–H groups in total. The van der Waals surface area contributed by atoms with Crippen molar-refractivity contribution in [2.24, 2.45) is 5.73 Å². The third-order valence-corrected chi connectivity index (χ3v) is 13.8. The van der Waals surface area contributed by atoms with E-state index in [-0.39, 0.29) is 97.6 Å². The van der Waals surface area contributed by atoms with Crippen LogP contribution in [0.5, 0.6) is 17.2 Å². The second-order valence-corrected chi connectivity index (χ2v) is 18.4. The molecule has 2 aromatic carbocycles. The Balaban J connectivity index is 0.979. The monoisotopic (exact) mass is 1040 g/mol. The Morgan fingerprint density at radius 2 is 1.72 bits per heavy atom. The number of hydrogen-bond donors (Lipinski definition) is 9. The molecule has 398 valence electrons. The van der Waals surface area contributed by atoms with Crippen LogP contribution in [0.25, 0.3) is 22.3 Å². The summed E-state index contributed by atoms with van der Waals surface area (Å²) in [6.07, 6.45) is -9.62. The van der Waals surface area contributed by atoms with Crippen molar-refractivity contribution in [1.29, 1.82) is 0 Å². The van der Waals surface area contributed by atoms with Crippen molar-refractivity contribution in [3.63, 3.8) is 0 Å². The Hall–Kier alpha value is -7.75. The lowest BCUT2D eigenvalue weighted by Crippen LogP contribution is -2.61. The lowest BCUT2D eigenvalue weighted by Gasteiger charge is -2.38. The highest BCUT2D eigenvalue weighted by Crippen LogP contribution is 2.49. The molecule has 0 spiro atoms. The summed E-state index contributed by atoms with van der Waals surface area (Å²) >= 11 is 0. The second-order valence-electron chi connectivity index (χ2n) is 18.4. The van der Waals surface area contributed by atoms with Gasteiger partial charge in [0.05, 0.1) is 34.7 Å². The van der Waals surface area contributed by atoms with E-state index in [9.17, 15) is 63.9 Å². The summed E-state index contributed by atoms with van der Waals surface area (Å²) in [5.41, 5.74) is 6.35. The van der Waals surface area contributed by atoms with Crippen molar-refractivity contribution in [3.05, 3.63) is 68.5 Å². The van der Waals surface area contributed by atoms with Crippen molar-refractivity contribution in [2.75, 3.05) is 30.5 Å². The van der Waals surface area contributed by atoms with Gasteiger partial charge in [-0.25, -0.2) is 19.4 Å². The smallest absolute Gasteiger partial charge is 0.412 e. The highest BCUT2D eigenvalue weighted by Gasteiger charge is 2.49. The van der Waals surface area contributed by atoms with Crippen LogP contribution < -0.4 is 41.5 Å². The molecule has 9 rings (SSSR count). The van der Waals surface area contributed by atoms with Crippen LogP contribution in [0.3, 0.4) is 0 Å². The third-order valence-electron chi connectivity index (χ3n) is 13.8. The van der Waals surface area contributed by atoms with E-state index >= 15 is 0 Å². The molecule has 5 aliphatic heterocycles. The van der Waals surface area contributed by atoms with E-state index in [2.05, 4.69) is 16.0 Å². The number of anilines is 2. The number of pyridine rings is 2. The molecule has 0 aliphatic carbocycles. The van der Waals surface area contributed by atoms with Gasteiger partial charge in [-0.2, -0.15) is 0 Å². The summed E-state index contributed by atoms with van der Waals surface area (Å²) in [5.74, 6) is -5.01. The van der Waals surface area contributed by atoms with Crippen molar-refractivity contribution < 1.29 is 87.5 Å². The molecule has 2 fully saturated rings. The normalized spacial score (nSPS) is 22.7. The number of aliphatic carboxylic acids is 1. The summed E-state index contributed by atoms with van der Waals surface area (Å²) in [4.78, 5) is 109. The number of imide groups is 1.